The predicted octanol–water partition coefficient (Wildman–Crippen LogP) is 6.32. The van der Waals surface area contributed by atoms with Crippen LogP contribution in [0, 0.1) is 5.92 Å². The SMILES string of the molecule is COc1ccc(-n2c(SCC(=O)c3ccc(Br)cc3)nc3sc4c(c3c2=O)CC[C@H](C)C4)cc1. The van der Waals surface area contributed by atoms with E-state index in [9.17, 15) is 9.59 Å². The first-order valence-electron chi connectivity index (χ1n) is 11.1. The molecule has 0 N–H and O–H groups in total. The van der Waals surface area contributed by atoms with Gasteiger partial charge in [-0.2, -0.15) is 0 Å². The molecular weight excluding hydrogens is 532 g/mol. The molecule has 1 aliphatic rings. The Balaban J connectivity index is 1.59. The number of methoxy groups -OCH3 is 1. The molecule has 8 heteroatoms. The molecule has 0 aliphatic heterocycles. The molecule has 5 nitrogen and oxygen atoms in total. The zero-order valence-corrected chi connectivity index (χ0v) is 22.1. The van der Waals surface area contributed by atoms with Crippen molar-refractivity contribution in [2.75, 3.05) is 12.9 Å². The molecule has 0 radical (unpaired) electrons. The van der Waals surface area contributed by atoms with Crippen molar-refractivity contribution in [3.05, 3.63) is 79.4 Å². The molecule has 1 aliphatic carbocycles. The molecule has 2 heterocycles. The number of carbonyl (C=O) groups excluding carboxylic acids is 1. The molecule has 0 saturated carbocycles. The molecule has 0 amide bonds. The van der Waals surface area contributed by atoms with E-state index >= 15 is 0 Å². The van der Waals surface area contributed by atoms with Gasteiger partial charge < -0.3 is 4.74 Å². The molecule has 4 aromatic rings. The molecular formula is C26H23BrN2O3S2. The van der Waals surface area contributed by atoms with Crippen molar-refractivity contribution in [2.24, 2.45) is 5.92 Å². The van der Waals surface area contributed by atoms with Crippen molar-refractivity contribution in [3.8, 4) is 11.4 Å². The average Bonchev–Trinajstić information content (AvgIpc) is 3.20. The number of ketones is 1. The van der Waals surface area contributed by atoms with Crippen LogP contribution in [-0.4, -0.2) is 28.2 Å². The maximum absolute atomic E-state index is 13.9. The fourth-order valence-corrected chi connectivity index (χ4v) is 6.87. The Bertz CT molecular complexity index is 1430. The van der Waals surface area contributed by atoms with Gasteiger partial charge in [-0.15, -0.1) is 11.3 Å². The van der Waals surface area contributed by atoms with Gasteiger partial charge in [-0.25, -0.2) is 4.98 Å². The molecule has 0 saturated heterocycles. The lowest BCUT2D eigenvalue weighted by atomic mass is 9.89. The highest BCUT2D eigenvalue weighted by Gasteiger charge is 2.25. The molecule has 1 atom stereocenters. The number of aryl methyl sites for hydroxylation is 1. The first kappa shape index (κ1) is 23.3. The molecule has 0 bridgehead atoms. The largest absolute Gasteiger partial charge is 0.497 e. The topological polar surface area (TPSA) is 61.2 Å². The summed E-state index contributed by atoms with van der Waals surface area (Å²) in [5.74, 6) is 1.51. The number of nitrogens with zero attached hydrogens (tertiary/aromatic N) is 2. The zero-order chi connectivity index (χ0) is 23.8. The van der Waals surface area contributed by atoms with Gasteiger partial charge in [-0.3, -0.25) is 14.2 Å². The van der Waals surface area contributed by atoms with Crippen LogP contribution in [0.15, 0.2) is 63.0 Å². The number of hydrogen-bond donors (Lipinski definition) is 0. The van der Waals surface area contributed by atoms with Gasteiger partial charge in [0, 0.05) is 14.9 Å². The van der Waals surface area contributed by atoms with Crippen LogP contribution in [0.3, 0.4) is 0 Å². The van der Waals surface area contributed by atoms with E-state index in [1.807, 2.05) is 36.4 Å². The average molecular weight is 556 g/mol. The fourth-order valence-electron chi connectivity index (χ4n) is 4.28. The van der Waals surface area contributed by atoms with Crippen LogP contribution in [0.25, 0.3) is 15.9 Å². The summed E-state index contributed by atoms with van der Waals surface area (Å²) in [6, 6.07) is 14.7. The van der Waals surface area contributed by atoms with Crippen molar-refractivity contribution < 1.29 is 9.53 Å². The molecule has 0 unspecified atom stereocenters. The summed E-state index contributed by atoms with van der Waals surface area (Å²) in [5, 5.41) is 1.26. The van der Waals surface area contributed by atoms with Gasteiger partial charge in [0.2, 0.25) is 0 Å². The summed E-state index contributed by atoms with van der Waals surface area (Å²) in [6.45, 7) is 2.26. The second kappa shape index (κ2) is 9.68. The molecule has 0 fully saturated rings. The van der Waals surface area contributed by atoms with Crippen LogP contribution in [0.2, 0.25) is 0 Å². The van der Waals surface area contributed by atoms with Crippen molar-refractivity contribution in [2.45, 2.75) is 31.3 Å². The summed E-state index contributed by atoms with van der Waals surface area (Å²) in [5.41, 5.74) is 2.43. The van der Waals surface area contributed by atoms with E-state index < -0.39 is 0 Å². The van der Waals surface area contributed by atoms with E-state index in [1.165, 1.54) is 16.6 Å². The lowest BCUT2D eigenvalue weighted by molar-refractivity contribution is 0.102. The Morgan fingerprint density at radius 1 is 1.21 bits per heavy atom. The van der Waals surface area contributed by atoms with E-state index in [0.29, 0.717) is 28.1 Å². The third-order valence-corrected chi connectivity index (χ3v) is 8.74. The summed E-state index contributed by atoms with van der Waals surface area (Å²) < 4.78 is 7.86. The summed E-state index contributed by atoms with van der Waals surface area (Å²) in [7, 11) is 1.61. The van der Waals surface area contributed by atoms with E-state index in [4.69, 9.17) is 9.72 Å². The number of thiophene rings is 1. The molecule has 0 spiro atoms. The van der Waals surface area contributed by atoms with Gasteiger partial charge in [0.25, 0.3) is 5.56 Å². The van der Waals surface area contributed by atoms with Gasteiger partial charge in [0.1, 0.15) is 10.6 Å². The summed E-state index contributed by atoms with van der Waals surface area (Å²) in [4.78, 5) is 33.7. The maximum Gasteiger partial charge on any atom is 0.267 e. The molecule has 5 rings (SSSR count). The van der Waals surface area contributed by atoms with Gasteiger partial charge >= 0.3 is 0 Å². The van der Waals surface area contributed by atoms with Crippen LogP contribution >= 0.6 is 39.0 Å². The van der Waals surface area contributed by atoms with Crippen molar-refractivity contribution in [1.29, 1.82) is 0 Å². The van der Waals surface area contributed by atoms with Crippen molar-refractivity contribution >= 4 is 55.0 Å². The molecule has 2 aromatic carbocycles. The number of rotatable bonds is 6. The smallest absolute Gasteiger partial charge is 0.267 e. The highest BCUT2D eigenvalue weighted by Crippen LogP contribution is 2.37. The summed E-state index contributed by atoms with van der Waals surface area (Å²) in [6.07, 6.45) is 2.98. The lowest BCUT2D eigenvalue weighted by Crippen LogP contribution is -2.23. The number of carbonyl (C=O) groups is 1. The number of hydrogen-bond acceptors (Lipinski definition) is 6. The Morgan fingerprint density at radius 2 is 1.94 bits per heavy atom. The number of ether oxygens (including phenoxy) is 1. The van der Waals surface area contributed by atoms with Crippen LogP contribution in [-0.2, 0) is 12.8 Å². The third-order valence-electron chi connectivity index (χ3n) is 6.13. The zero-order valence-electron chi connectivity index (χ0n) is 18.8. The Kier molecular flexibility index (Phi) is 6.64. The standard InChI is InChI=1S/C26H23BrN2O3S2/c1-15-3-12-20-22(13-15)34-24-23(20)25(31)29(18-8-10-19(32-2)11-9-18)26(28-24)33-14-21(30)16-4-6-17(27)7-5-16/h4-11,15H,3,12-14H2,1-2H3/t15-/m0/s1. The maximum atomic E-state index is 13.9. The number of halogens is 1. The first-order valence-corrected chi connectivity index (χ1v) is 13.7. The van der Waals surface area contributed by atoms with Crippen LogP contribution < -0.4 is 10.3 Å². The van der Waals surface area contributed by atoms with Crippen molar-refractivity contribution in [1.82, 2.24) is 9.55 Å². The van der Waals surface area contributed by atoms with Gasteiger partial charge in [0.05, 0.1) is 23.9 Å². The Morgan fingerprint density at radius 3 is 2.65 bits per heavy atom. The number of fused-ring (bicyclic) bond motifs is 3. The number of Topliss-reactive ketones (excluding diaryl/α,β-unsaturated/α-hetero) is 1. The van der Waals surface area contributed by atoms with Gasteiger partial charge in [-0.05, 0) is 67.1 Å². The Hall–Kier alpha value is -2.42. The highest BCUT2D eigenvalue weighted by atomic mass is 79.9. The van der Waals surface area contributed by atoms with Gasteiger partial charge in [0.15, 0.2) is 10.9 Å². The number of benzene rings is 2. The minimum atomic E-state index is -0.0687. The highest BCUT2D eigenvalue weighted by molar-refractivity contribution is 9.10. The number of aromatic nitrogens is 2. The Labute approximate surface area is 214 Å². The van der Waals surface area contributed by atoms with Crippen LogP contribution in [0.4, 0.5) is 0 Å². The minimum absolute atomic E-state index is 0.00701. The van der Waals surface area contributed by atoms with Crippen LogP contribution in [0.1, 0.15) is 34.1 Å². The number of thioether (sulfide) groups is 1. The van der Waals surface area contributed by atoms with E-state index in [0.717, 1.165) is 39.5 Å². The lowest BCUT2D eigenvalue weighted by Gasteiger charge is -2.18. The van der Waals surface area contributed by atoms with E-state index in [2.05, 4.69) is 22.9 Å². The predicted molar refractivity (Wildman–Crippen MR) is 142 cm³/mol. The molecule has 174 valence electrons. The second-order valence-electron chi connectivity index (χ2n) is 8.48. The second-order valence-corrected chi connectivity index (χ2v) is 11.4. The quantitative estimate of drug-likeness (QED) is 0.158. The fraction of sp³-hybridized carbons (Fsp3) is 0.269. The monoisotopic (exact) mass is 554 g/mol. The molecule has 34 heavy (non-hydrogen) atoms. The first-order chi connectivity index (χ1) is 16.4. The van der Waals surface area contributed by atoms with Crippen LogP contribution in [0.5, 0.6) is 5.75 Å². The van der Waals surface area contributed by atoms with Gasteiger partial charge in [-0.1, -0.05) is 46.7 Å². The summed E-state index contributed by atoms with van der Waals surface area (Å²) >= 11 is 6.33. The van der Waals surface area contributed by atoms with E-state index in [1.54, 1.807) is 35.1 Å². The van der Waals surface area contributed by atoms with E-state index in [-0.39, 0.29) is 17.1 Å². The van der Waals surface area contributed by atoms with Crippen molar-refractivity contribution in [3.63, 3.8) is 0 Å². The third kappa shape index (κ3) is 4.46. The normalized spacial score (nSPS) is 15.3. The molecule has 2 aromatic heterocycles. The minimum Gasteiger partial charge on any atom is -0.497 e.